The fraction of sp³-hybridized carbons (Fsp3) is 0.216. The Labute approximate surface area is 256 Å². The number of carbonyl (C=O) groups excluding carboxylic acids is 2. The summed E-state index contributed by atoms with van der Waals surface area (Å²) in [6.07, 6.45) is 2.89. The number of fused-ring (bicyclic) bond motifs is 2. The summed E-state index contributed by atoms with van der Waals surface area (Å²) in [5.74, 6) is 0.240. The average molecular weight is 586 g/mol. The fourth-order valence-electron chi connectivity index (χ4n) is 6.07. The van der Waals surface area contributed by atoms with E-state index >= 15 is 0 Å². The molecule has 7 heteroatoms. The van der Waals surface area contributed by atoms with Gasteiger partial charge in [0.2, 0.25) is 5.91 Å². The molecule has 222 valence electrons. The molecule has 1 aromatic heterocycles. The summed E-state index contributed by atoms with van der Waals surface area (Å²) in [5.41, 5.74) is 6.30. The zero-order valence-electron chi connectivity index (χ0n) is 24.9. The van der Waals surface area contributed by atoms with Gasteiger partial charge in [0, 0.05) is 17.6 Å². The molecule has 5 aromatic rings. The zero-order valence-corrected chi connectivity index (χ0v) is 24.9. The zero-order chi connectivity index (χ0) is 30.6. The predicted octanol–water partition coefficient (Wildman–Crippen LogP) is 6.42. The van der Waals surface area contributed by atoms with E-state index in [2.05, 4.69) is 35.8 Å². The van der Waals surface area contributed by atoms with Crippen LogP contribution in [0.2, 0.25) is 0 Å². The van der Waals surface area contributed by atoms with E-state index in [1.807, 2.05) is 54.6 Å². The van der Waals surface area contributed by atoms with Crippen LogP contribution in [0.4, 0.5) is 11.4 Å². The van der Waals surface area contributed by atoms with E-state index in [9.17, 15) is 14.4 Å². The van der Waals surface area contributed by atoms with Crippen molar-refractivity contribution in [2.75, 3.05) is 17.7 Å². The van der Waals surface area contributed by atoms with Crippen LogP contribution in [0.1, 0.15) is 39.5 Å². The molecule has 1 heterocycles. The monoisotopic (exact) mass is 585 g/mol. The van der Waals surface area contributed by atoms with E-state index in [4.69, 9.17) is 4.74 Å². The first-order valence-electron chi connectivity index (χ1n) is 15.0. The summed E-state index contributed by atoms with van der Waals surface area (Å²) in [6, 6.07) is 30.2. The highest BCUT2D eigenvalue weighted by molar-refractivity contribution is 6.08. The topological polar surface area (TPSA) is 89.4 Å². The lowest BCUT2D eigenvalue weighted by Gasteiger charge is -2.18. The number of anilines is 2. The third-order valence-corrected chi connectivity index (χ3v) is 8.35. The van der Waals surface area contributed by atoms with E-state index in [1.165, 1.54) is 16.7 Å². The first-order chi connectivity index (χ1) is 21.4. The van der Waals surface area contributed by atoms with E-state index in [-0.39, 0.29) is 29.4 Å². The van der Waals surface area contributed by atoms with Crippen molar-refractivity contribution in [2.45, 2.75) is 39.2 Å². The number of nitrogens with one attached hydrogen (secondary N) is 2. The molecule has 1 atom stereocenters. The standard InChI is InChI=1S/C37H35N3O4/c1-3-24-12-15-27-19-26(20-28(27)18-24)23-40-34-11-7-10-33(39-35(41)21-25-13-16-30(44-2)17-14-25)31(34)22-32(37(40)43)36(42)38-29-8-5-4-6-9-29/h4-18,22,26H,3,19-21,23H2,1-2H3,(H,38,42)(H,39,41). The second-order valence-corrected chi connectivity index (χ2v) is 11.3. The molecule has 7 nitrogen and oxygen atoms in total. The Kier molecular flexibility index (Phi) is 8.28. The number of para-hydroxylation sites is 1. The smallest absolute Gasteiger partial charge is 0.263 e. The number of ether oxygens (including phenoxy) is 1. The molecule has 1 unspecified atom stereocenters. The second kappa shape index (κ2) is 12.6. The molecule has 6 rings (SSSR count). The van der Waals surface area contributed by atoms with Gasteiger partial charge in [0.05, 0.1) is 24.7 Å². The first kappa shape index (κ1) is 28.9. The Morgan fingerprint density at radius 2 is 1.59 bits per heavy atom. The lowest BCUT2D eigenvalue weighted by molar-refractivity contribution is -0.115. The largest absolute Gasteiger partial charge is 0.497 e. The van der Waals surface area contributed by atoms with E-state index in [0.29, 0.717) is 28.8 Å². The molecule has 4 aromatic carbocycles. The highest BCUT2D eigenvalue weighted by Gasteiger charge is 2.25. The SMILES string of the molecule is CCc1ccc2c(c1)CC(Cn1c(=O)c(C(=O)Nc3ccccc3)cc3c(NC(=O)Cc4ccc(OC)cc4)cccc31)C2. The molecule has 1 aliphatic rings. The number of aryl methyl sites for hydroxylation is 1. The predicted molar refractivity (Wildman–Crippen MR) is 175 cm³/mol. The van der Waals surface area contributed by atoms with Gasteiger partial charge in [-0.3, -0.25) is 14.4 Å². The Morgan fingerprint density at radius 1 is 0.841 bits per heavy atom. The maximum Gasteiger partial charge on any atom is 0.263 e. The first-order valence-corrected chi connectivity index (χ1v) is 15.0. The average Bonchev–Trinajstić information content (AvgIpc) is 3.45. The van der Waals surface area contributed by atoms with Crippen molar-refractivity contribution in [3.05, 3.63) is 135 Å². The van der Waals surface area contributed by atoms with Gasteiger partial charge in [0.1, 0.15) is 11.3 Å². The fourth-order valence-corrected chi connectivity index (χ4v) is 6.07. The molecule has 0 radical (unpaired) electrons. The number of aromatic nitrogens is 1. The van der Waals surface area contributed by atoms with Crippen molar-refractivity contribution in [1.82, 2.24) is 4.57 Å². The maximum absolute atomic E-state index is 14.0. The van der Waals surface area contributed by atoms with Crippen molar-refractivity contribution in [3.63, 3.8) is 0 Å². The summed E-state index contributed by atoms with van der Waals surface area (Å²) in [7, 11) is 1.60. The van der Waals surface area contributed by atoms with E-state index in [0.717, 1.165) is 30.6 Å². The number of benzene rings is 4. The van der Waals surface area contributed by atoms with Gasteiger partial charge in [-0.05, 0) is 89.9 Å². The van der Waals surface area contributed by atoms with Crippen molar-refractivity contribution in [2.24, 2.45) is 5.92 Å². The molecule has 0 bridgehead atoms. The van der Waals surface area contributed by atoms with Crippen molar-refractivity contribution < 1.29 is 14.3 Å². The van der Waals surface area contributed by atoms with E-state index < -0.39 is 5.91 Å². The summed E-state index contributed by atoms with van der Waals surface area (Å²) < 4.78 is 6.94. The second-order valence-electron chi connectivity index (χ2n) is 11.3. The minimum atomic E-state index is -0.487. The van der Waals surface area contributed by atoms with Crippen LogP contribution in [0.5, 0.6) is 5.75 Å². The molecule has 0 aliphatic heterocycles. The van der Waals surface area contributed by atoms with Gasteiger partial charge in [-0.25, -0.2) is 0 Å². The van der Waals surface area contributed by atoms with Gasteiger partial charge in [-0.2, -0.15) is 0 Å². The molecule has 44 heavy (non-hydrogen) atoms. The molecule has 0 spiro atoms. The summed E-state index contributed by atoms with van der Waals surface area (Å²) >= 11 is 0. The third kappa shape index (κ3) is 6.13. The van der Waals surface area contributed by atoms with Gasteiger partial charge < -0.3 is 19.9 Å². The molecule has 0 fully saturated rings. The Balaban J connectivity index is 1.35. The minimum absolute atomic E-state index is 0.0296. The number of rotatable bonds is 9. The number of nitrogens with zero attached hydrogens (tertiary/aromatic N) is 1. The Bertz CT molecular complexity index is 1900. The highest BCUT2D eigenvalue weighted by Crippen LogP contribution is 2.31. The molecule has 2 N–H and O–H groups in total. The molecule has 2 amide bonds. The van der Waals surface area contributed by atoms with Crippen LogP contribution >= 0.6 is 0 Å². The maximum atomic E-state index is 14.0. The van der Waals surface area contributed by atoms with Gasteiger partial charge in [-0.15, -0.1) is 0 Å². The van der Waals surface area contributed by atoms with Crippen LogP contribution in [0.15, 0.2) is 102 Å². The minimum Gasteiger partial charge on any atom is -0.497 e. The number of hydrogen-bond acceptors (Lipinski definition) is 4. The lowest BCUT2D eigenvalue weighted by atomic mass is 10.0. The number of carbonyl (C=O) groups is 2. The van der Waals surface area contributed by atoms with Crippen LogP contribution in [-0.4, -0.2) is 23.5 Å². The Morgan fingerprint density at radius 3 is 2.34 bits per heavy atom. The lowest BCUT2D eigenvalue weighted by Crippen LogP contribution is -2.31. The van der Waals surface area contributed by atoms with E-state index in [1.54, 1.807) is 35.9 Å². The Hall–Kier alpha value is -5.17. The third-order valence-electron chi connectivity index (χ3n) is 8.35. The van der Waals surface area contributed by atoms with Gasteiger partial charge in [0.25, 0.3) is 11.5 Å². The van der Waals surface area contributed by atoms with Crippen molar-refractivity contribution >= 4 is 34.1 Å². The summed E-state index contributed by atoms with van der Waals surface area (Å²) in [4.78, 5) is 40.7. The number of methoxy groups -OCH3 is 1. The molecular formula is C37H35N3O4. The molecule has 0 saturated heterocycles. The number of hydrogen-bond donors (Lipinski definition) is 2. The van der Waals surface area contributed by atoms with Crippen LogP contribution < -0.4 is 20.9 Å². The number of amides is 2. The van der Waals surface area contributed by atoms with Crippen molar-refractivity contribution in [3.8, 4) is 5.75 Å². The number of pyridine rings is 1. The van der Waals surface area contributed by atoms with Gasteiger partial charge in [-0.1, -0.05) is 61.5 Å². The van der Waals surface area contributed by atoms with Crippen LogP contribution in [0.25, 0.3) is 10.9 Å². The molecule has 1 aliphatic carbocycles. The summed E-state index contributed by atoms with van der Waals surface area (Å²) in [6.45, 7) is 2.61. The molecular weight excluding hydrogens is 550 g/mol. The molecule has 0 saturated carbocycles. The van der Waals surface area contributed by atoms with Crippen molar-refractivity contribution in [1.29, 1.82) is 0 Å². The normalized spacial score (nSPS) is 13.8. The van der Waals surface area contributed by atoms with Crippen LogP contribution in [-0.2, 0) is 37.0 Å². The van der Waals surface area contributed by atoms with Crippen LogP contribution in [0, 0.1) is 5.92 Å². The highest BCUT2D eigenvalue weighted by atomic mass is 16.5. The van der Waals surface area contributed by atoms with Crippen LogP contribution in [0.3, 0.4) is 0 Å². The summed E-state index contributed by atoms with van der Waals surface area (Å²) in [5, 5.41) is 6.53. The quantitative estimate of drug-likeness (QED) is 0.209. The van der Waals surface area contributed by atoms with Gasteiger partial charge in [0.15, 0.2) is 0 Å². The van der Waals surface area contributed by atoms with Gasteiger partial charge >= 0.3 is 0 Å².